The van der Waals surface area contributed by atoms with Crippen LogP contribution in [0.2, 0.25) is 0 Å². The van der Waals surface area contributed by atoms with Gasteiger partial charge in [0, 0.05) is 5.56 Å². The van der Waals surface area contributed by atoms with E-state index in [-0.39, 0.29) is 5.96 Å². The highest BCUT2D eigenvalue weighted by molar-refractivity contribution is 5.84. The van der Waals surface area contributed by atoms with Crippen LogP contribution in [0.4, 0.5) is 0 Å². The zero-order valence-corrected chi connectivity index (χ0v) is 9.07. The molecule has 0 atom stereocenters. The van der Waals surface area contributed by atoms with Crippen LogP contribution in [0.5, 0.6) is 5.75 Å². The van der Waals surface area contributed by atoms with E-state index in [1.807, 2.05) is 12.1 Å². The van der Waals surface area contributed by atoms with Gasteiger partial charge in [-0.1, -0.05) is 12.1 Å². The molecule has 0 fully saturated rings. The zero-order valence-electron chi connectivity index (χ0n) is 9.07. The van der Waals surface area contributed by atoms with Gasteiger partial charge in [0.15, 0.2) is 0 Å². The molecule has 0 aliphatic carbocycles. The molecule has 0 radical (unpaired) electrons. The fourth-order valence-electron chi connectivity index (χ4n) is 1.05. The van der Waals surface area contributed by atoms with Gasteiger partial charge in [0.2, 0.25) is 0 Å². The summed E-state index contributed by atoms with van der Waals surface area (Å²) in [5.41, 5.74) is 7.68. The van der Waals surface area contributed by atoms with Crippen LogP contribution < -0.4 is 15.9 Å². The van der Waals surface area contributed by atoms with Crippen LogP contribution in [-0.2, 0) is 0 Å². The Morgan fingerprint density at radius 2 is 2.29 bits per heavy atom. The number of methoxy groups -OCH3 is 1. The topological polar surface area (TPSA) is 112 Å². The summed E-state index contributed by atoms with van der Waals surface area (Å²) in [6.07, 6.45) is 1.40. The summed E-state index contributed by atoms with van der Waals surface area (Å²) >= 11 is 0. The largest absolute Gasteiger partial charge is 0.496 e. The van der Waals surface area contributed by atoms with Crippen LogP contribution in [0, 0.1) is 4.91 Å². The van der Waals surface area contributed by atoms with E-state index < -0.39 is 5.03 Å². The number of hydrogen-bond donors (Lipinski definition) is 3. The molecule has 0 spiro atoms. The maximum Gasteiger partial charge on any atom is 0.362 e. The van der Waals surface area contributed by atoms with Gasteiger partial charge >= 0.3 is 5.03 Å². The molecule has 1 aromatic carbocycles. The molecule has 0 bridgehead atoms. The molecular weight excluding hydrogens is 226 g/mol. The fraction of sp³-hybridized carbons (Fsp3) is 0.111. The number of ether oxygens (including phenoxy) is 1. The molecule has 8 nitrogen and oxygen atoms in total. The quantitative estimate of drug-likeness (QED) is 0.389. The first-order valence-corrected chi connectivity index (χ1v) is 4.56. The van der Waals surface area contributed by atoms with E-state index in [4.69, 9.17) is 15.7 Å². The minimum atomic E-state index is -0.572. The average molecular weight is 238 g/mol. The lowest BCUT2D eigenvalue weighted by Gasteiger charge is -2.01. The number of hydrogen-bond acceptors (Lipinski definition) is 4. The molecule has 0 unspecified atom stereocenters. The number of nitrogens with two attached hydrogens (primary N) is 1. The Kier molecular flexibility index (Phi) is 4.43. The Hall–Kier alpha value is -2.64. The summed E-state index contributed by atoms with van der Waals surface area (Å²) in [6.45, 7) is 0. The summed E-state index contributed by atoms with van der Waals surface area (Å²) in [5, 5.41) is 14.7. The van der Waals surface area contributed by atoms with Crippen LogP contribution in [0.25, 0.3) is 0 Å². The number of nitrogens with zero attached hydrogens (tertiary/aromatic N) is 3. The zero-order chi connectivity index (χ0) is 12.7. The van der Waals surface area contributed by atoms with Crippen LogP contribution in [0.15, 0.2) is 34.5 Å². The highest BCUT2D eigenvalue weighted by Crippen LogP contribution is 2.14. The van der Waals surface area contributed by atoms with Gasteiger partial charge in [-0.2, -0.15) is 5.10 Å². The van der Waals surface area contributed by atoms with Crippen molar-refractivity contribution in [3.05, 3.63) is 34.7 Å². The Morgan fingerprint density at radius 1 is 1.59 bits per heavy atom. The predicted octanol–water partition coefficient (Wildman–Crippen LogP) is 0.0165. The van der Waals surface area contributed by atoms with E-state index in [0.717, 1.165) is 0 Å². The third-order valence-corrected chi connectivity index (χ3v) is 1.71. The summed E-state index contributed by atoms with van der Waals surface area (Å²) in [6, 6.07) is 7.16. The van der Waals surface area contributed by atoms with Gasteiger partial charge < -0.3 is 10.5 Å². The molecule has 0 saturated heterocycles. The maximum atomic E-state index is 10.1. The SMILES string of the molecule is COc1ccccc1C=NN=C(N)N[N+](=O)O. The highest BCUT2D eigenvalue weighted by atomic mass is 16.7. The first-order chi connectivity index (χ1) is 8.13. The Labute approximate surface area is 96.9 Å². The van der Waals surface area contributed by atoms with E-state index >= 15 is 0 Å². The van der Waals surface area contributed by atoms with Crippen LogP contribution in [0.1, 0.15) is 5.56 Å². The van der Waals surface area contributed by atoms with E-state index in [0.29, 0.717) is 11.3 Å². The summed E-state index contributed by atoms with van der Waals surface area (Å²) in [4.78, 5) is 10.1. The molecule has 0 aromatic heterocycles. The number of hydrazine groups is 1. The second kappa shape index (κ2) is 6.05. The smallest absolute Gasteiger partial charge is 0.362 e. The van der Waals surface area contributed by atoms with Gasteiger partial charge in [0.1, 0.15) is 10.7 Å². The normalized spacial score (nSPS) is 11.5. The number of nitrogens with one attached hydrogen (secondary N) is 1. The van der Waals surface area contributed by atoms with E-state index in [2.05, 4.69) is 10.2 Å². The van der Waals surface area contributed by atoms with Gasteiger partial charge in [-0.3, -0.25) is 0 Å². The van der Waals surface area contributed by atoms with Gasteiger partial charge in [-0.05, 0) is 17.6 Å². The number of rotatable bonds is 4. The van der Waals surface area contributed by atoms with Crippen LogP contribution >= 0.6 is 0 Å². The first-order valence-electron chi connectivity index (χ1n) is 4.56. The second-order valence-corrected chi connectivity index (χ2v) is 2.86. The molecule has 0 heterocycles. The van der Waals surface area contributed by atoms with Gasteiger partial charge in [0.05, 0.1) is 13.3 Å². The van der Waals surface area contributed by atoms with Crippen LogP contribution in [0.3, 0.4) is 0 Å². The molecule has 4 N–H and O–H groups in total. The summed E-state index contributed by atoms with van der Waals surface area (Å²) < 4.78 is 5.08. The summed E-state index contributed by atoms with van der Waals surface area (Å²) in [7, 11) is 1.53. The predicted molar refractivity (Wildman–Crippen MR) is 60.8 cm³/mol. The van der Waals surface area contributed by atoms with E-state index in [1.54, 1.807) is 17.6 Å². The Bertz CT molecular complexity index is 458. The molecule has 0 saturated carbocycles. The molecule has 1 rings (SSSR count). The monoisotopic (exact) mass is 238 g/mol. The summed E-state index contributed by atoms with van der Waals surface area (Å²) in [5.74, 6) is 0.291. The lowest BCUT2D eigenvalue weighted by atomic mass is 10.2. The van der Waals surface area contributed by atoms with Gasteiger partial charge in [-0.15, -0.1) is 5.10 Å². The Balaban J connectivity index is 2.74. The first kappa shape index (κ1) is 12.4. The molecule has 8 heteroatoms. The Morgan fingerprint density at radius 3 is 2.94 bits per heavy atom. The number of para-hydroxylation sites is 1. The molecule has 17 heavy (non-hydrogen) atoms. The molecule has 0 aliphatic rings. The van der Waals surface area contributed by atoms with Crippen molar-refractivity contribution in [3.63, 3.8) is 0 Å². The van der Waals surface area contributed by atoms with E-state index in [9.17, 15) is 4.91 Å². The third-order valence-electron chi connectivity index (χ3n) is 1.71. The molecule has 0 aliphatic heterocycles. The van der Waals surface area contributed by atoms with Gasteiger partial charge in [-0.25, -0.2) is 5.21 Å². The van der Waals surface area contributed by atoms with Gasteiger partial charge in [0.25, 0.3) is 5.96 Å². The average Bonchev–Trinajstić information content (AvgIpc) is 2.28. The minimum Gasteiger partial charge on any atom is -0.496 e. The van der Waals surface area contributed by atoms with Crippen molar-refractivity contribution in [1.82, 2.24) is 5.43 Å². The molecular formula is C9H12N5O3+. The van der Waals surface area contributed by atoms with Crippen molar-refractivity contribution in [2.45, 2.75) is 0 Å². The van der Waals surface area contributed by atoms with E-state index in [1.165, 1.54) is 13.3 Å². The van der Waals surface area contributed by atoms with Crippen molar-refractivity contribution < 1.29 is 15.0 Å². The van der Waals surface area contributed by atoms with Crippen molar-refractivity contribution in [3.8, 4) is 5.75 Å². The molecule has 90 valence electrons. The third kappa shape index (κ3) is 4.16. The van der Waals surface area contributed by atoms with Crippen LogP contribution in [-0.4, -0.2) is 29.5 Å². The number of guanidine groups is 1. The standard InChI is InChI=1S/C9H12N5O3/c1-17-8-5-3-2-4-7(8)6-11-12-9(10)13-14(15)16/h2-6H,1H3,(H,15,16)(H3,10,12,13)/q+1. The minimum absolute atomic E-state index is 0.339. The van der Waals surface area contributed by atoms with Crippen molar-refractivity contribution >= 4 is 12.2 Å². The van der Waals surface area contributed by atoms with Crippen molar-refractivity contribution in [2.75, 3.05) is 7.11 Å². The lowest BCUT2D eigenvalue weighted by Crippen LogP contribution is -2.36. The molecule has 1 aromatic rings. The van der Waals surface area contributed by atoms with Crippen molar-refractivity contribution in [1.29, 1.82) is 0 Å². The maximum absolute atomic E-state index is 10.1. The number of benzene rings is 1. The van der Waals surface area contributed by atoms with Crippen molar-refractivity contribution in [2.24, 2.45) is 15.9 Å². The molecule has 0 amide bonds. The fourth-order valence-corrected chi connectivity index (χ4v) is 1.05. The lowest BCUT2D eigenvalue weighted by molar-refractivity contribution is -0.822. The highest BCUT2D eigenvalue weighted by Gasteiger charge is 2.03. The second-order valence-electron chi connectivity index (χ2n) is 2.86.